The number of thiocarbonyl (C=S) groups is 1. The highest BCUT2D eigenvalue weighted by Crippen LogP contribution is 2.24. The average molecular weight is 302 g/mol. The van der Waals surface area contributed by atoms with Gasteiger partial charge in [-0.15, -0.1) is 0 Å². The quantitative estimate of drug-likeness (QED) is 0.652. The van der Waals surface area contributed by atoms with E-state index >= 15 is 0 Å². The Hall–Kier alpha value is -2.60. The van der Waals surface area contributed by atoms with Crippen LogP contribution in [0.1, 0.15) is 21.5 Å². The van der Waals surface area contributed by atoms with Gasteiger partial charge in [0.1, 0.15) is 16.5 Å². The van der Waals surface area contributed by atoms with Crippen LogP contribution in [0, 0.1) is 6.92 Å². The molecule has 0 aliphatic heterocycles. The van der Waals surface area contributed by atoms with Crippen molar-refractivity contribution in [3.8, 4) is 11.5 Å². The molecule has 0 fully saturated rings. The summed E-state index contributed by atoms with van der Waals surface area (Å²) in [5, 5.41) is 21.6. The molecule has 2 aromatic rings. The molecule has 0 unspecified atom stereocenters. The fourth-order valence-corrected chi connectivity index (χ4v) is 1.94. The average Bonchev–Trinajstić information content (AvgIpc) is 2.40. The fourth-order valence-electron chi connectivity index (χ4n) is 1.81. The summed E-state index contributed by atoms with van der Waals surface area (Å²) in [7, 11) is 0. The molecule has 0 saturated carbocycles. The number of aromatic hydroxyl groups is 2. The third-order valence-corrected chi connectivity index (χ3v) is 3.23. The molecule has 0 aliphatic carbocycles. The van der Waals surface area contributed by atoms with E-state index in [2.05, 4.69) is 5.32 Å². The first kappa shape index (κ1) is 14.8. The van der Waals surface area contributed by atoms with Crippen molar-refractivity contribution in [1.82, 2.24) is 0 Å². The van der Waals surface area contributed by atoms with Gasteiger partial charge in [0.2, 0.25) is 0 Å². The second-order valence-corrected chi connectivity index (χ2v) is 4.99. The van der Waals surface area contributed by atoms with Crippen LogP contribution >= 0.6 is 12.2 Å². The zero-order valence-electron chi connectivity index (χ0n) is 11.3. The zero-order valence-corrected chi connectivity index (χ0v) is 12.1. The molecule has 2 rings (SSSR count). The van der Waals surface area contributed by atoms with Crippen molar-refractivity contribution in [3.63, 3.8) is 0 Å². The number of aryl methyl sites for hydroxylation is 1. The summed E-state index contributed by atoms with van der Waals surface area (Å²) in [6, 6.07) is 9.01. The number of hydrogen-bond donors (Lipinski definition) is 4. The van der Waals surface area contributed by atoms with E-state index in [1.807, 2.05) is 6.92 Å². The molecule has 0 bridgehead atoms. The Labute approximate surface area is 127 Å². The first-order chi connectivity index (χ1) is 9.88. The fraction of sp³-hybridized carbons (Fsp3) is 0.0667. The van der Waals surface area contributed by atoms with Crippen molar-refractivity contribution in [2.24, 2.45) is 5.73 Å². The van der Waals surface area contributed by atoms with Gasteiger partial charge in [0, 0.05) is 17.3 Å². The van der Waals surface area contributed by atoms with Gasteiger partial charge in [-0.05, 0) is 30.7 Å². The van der Waals surface area contributed by atoms with Crippen molar-refractivity contribution >= 4 is 28.8 Å². The lowest BCUT2D eigenvalue weighted by Crippen LogP contribution is -2.15. The van der Waals surface area contributed by atoms with E-state index in [9.17, 15) is 15.0 Å². The summed E-state index contributed by atoms with van der Waals surface area (Å²) < 4.78 is 0. The Bertz CT molecular complexity index is 729. The number of phenolic OH excluding ortho intramolecular Hbond substituents is 2. The minimum absolute atomic E-state index is 0.0629. The number of nitrogens with one attached hydrogen (secondary N) is 1. The molecule has 21 heavy (non-hydrogen) atoms. The second kappa shape index (κ2) is 5.80. The van der Waals surface area contributed by atoms with Gasteiger partial charge in [0.05, 0.1) is 5.56 Å². The minimum atomic E-state index is -0.490. The van der Waals surface area contributed by atoms with Gasteiger partial charge in [-0.3, -0.25) is 4.79 Å². The maximum absolute atomic E-state index is 12.2. The van der Waals surface area contributed by atoms with Gasteiger partial charge in [-0.1, -0.05) is 24.4 Å². The lowest BCUT2D eigenvalue weighted by molar-refractivity contribution is 0.102. The molecule has 0 atom stereocenters. The number of carbonyl (C=O) groups is 1. The third kappa shape index (κ3) is 3.29. The van der Waals surface area contributed by atoms with Gasteiger partial charge in [0.25, 0.3) is 5.91 Å². The van der Waals surface area contributed by atoms with E-state index in [-0.39, 0.29) is 22.1 Å². The molecular formula is C15H14N2O3S. The molecule has 5 nitrogen and oxygen atoms in total. The molecule has 6 heteroatoms. The van der Waals surface area contributed by atoms with Crippen LogP contribution in [0.2, 0.25) is 0 Å². The highest BCUT2D eigenvalue weighted by Gasteiger charge is 2.13. The molecule has 0 spiro atoms. The smallest absolute Gasteiger partial charge is 0.259 e. The molecule has 5 N–H and O–H groups in total. The van der Waals surface area contributed by atoms with Crippen LogP contribution in [0.5, 0.6) is 11.5 Å². The Morgan fingerprint density at radius 3 is 2.52 bits per heavy atom. The van der Waals surface area contributed by atoms with E-state index in [0.717, 1.165) is 11.6 Å². The highest BCUT2D eigenvalue weighted by atomic mass is 32.1. The number of anilines is 1. The van der Waals surface area contributed by atoms with Crippen molar-refractivity contribution in [1.29, 1.82) is 0 Å². The number of amides is 1. The normalized spacial score (nSPS) is 10.1. The number of phenols is 2. The summed E-state index contributed by atoms with van der Waals surface area (Å²) >= 11 is 4.90. The first-order valence-corrected chi connectivity index (χ1v) is 6.53. The van der Waals surface area contributed by atoms with Crippen LogP contribution < -0.4 is 11.1 Å². The number of hydrogen-bond acceptors (Lipinski definition) is 4. The van der Waals surface area contributed by atoms with Crippen LogP contribution in [0.15, 0.2) is 36.4 Å². The SMILES string of the molecule is Cc1ccc(C(N)=S)cc1NC(=O)c1ccc(O)cc1O. The Morgan fingerprint density at radius 2 is 1.90 bits per heavy atom. The van der Waals surface area contributed by atoms with Crippen LogP contribution in [-0.2, 0) is 0 Å². The molecule has 0 heterocycles. The van der Waals surface area contributed by atoms with E-state index in [1.54, 1.807) is 18.2 Å². The Kier molecular flexibility index (Phi) is 4.09. The largest absolute Gasteiger partial charge is 0.508 e. The topological polar surface area (TPSA) is 95.6 Å². The van der Waals surface area contributed by atoms with Gasteiger partial charge in [-0.25, -0.2) is 0 Å². The number of carbonyl (C=O) groups excluding carboxylic acids is 1. The van der Waals surface area contributed by atoms with Crippen molar-refractivity contribution in [2.75, 3.05) is 5.32 Å². The van der Waals surface area contributed by atoms with E-state index in [4.69, 9.17) is 18.0 Å². The minimum Gasteiger partial charge on any atom is -0.508 e. The molecule has 1 amide bonds. The summed E-state index contributed by atoms with van der Waals surface area (Å²) in [5.41, 5.74) is 7.66. The van der Waals surface area contributed by atoms with Gasteiger partial charge < -0.3 is 21.3 Å². The molecule has 108 valence electrons. The first-order valence-electron chi connectivity index (χ1n) is 6.12. The standard InChI is InChI=1S/C15H14N2O3S/c1-8-2-3-9(14(16)21)6-12(8)17-15(20)11-5-4-10(18)7-13(11)19/h2-7,18-19H,1H3,(H2,16,21)(H,17,20). The third-order valence-electron chi connectivity index (χ3n) is 3.00. The highest BCUT2D eigenvalue weighted by molar-refractivity contribution is 7.80. The van der Waals surface area contributed by atoms with E-state index < -0.39 is 5.91 Å². The number of benzene rings is 2. The van der Waals surface area contributed by atoms with Crippen molar-refractivity contribution < 1.29 is 15.0 Å². The lowest BCUT2D eigenvalue weighted by atomic mass is 10.1. The summed E-state index contributed by atoms with van der Waals surface area (Å²) in [4.78, 5) is 12.4. The van der Waals surface area contributed by atoms with Crippen LogP contribution in [-0.4, -0.2) is 21.1 Å². The summed E-state index contributed by atoms with van der Waals surface area (Å²) in [6.07, 6.45) is 0. The van der Waals surface area contributed by atoms with Crippen LogP contribution in [0.3, 0.4) is 0 Å². The zero-order chi connectivity index (χ0) is 15.6. The number of rotatable bonds is 3. The number of nitrogens with two attached hydrogens (primary N) is 1. The maximum atomic E-state index is 12.2. The van der Waals surface area contributed by atoms with E-state index in [1.165, 1.54) is 12.1 Å². The van der Waals surface area contributed by atoms with Crippen LogP contribution in [0.4, 0.5) is 5.69 Å². The lowest BCUT2D eigenvalue weighted by Gasteiger charge is -2.11. The molecule has 0 aromatic heterocycles. The molecule has 2 aromatic carbocycles. The van der Waals surface area contributed by atoms with Gasteiger partial charge in [-0.2, -0.15) is 0 Å². The van der Waals surface area contributed by atoms with Gasteiger partial charge in [0.15, 0.2) is 0 Å². The maximum Gasteiger partial charge on any atom is 0.259 e. The monoisotopic (exact) mass is 302 g/mol. The van der Waals surface area contributed by atoms with Crippen molar-refractivity contribution in [2.45, 2.75) is 6.92 Å². The van der Waals surface area contributed by atoms with Gasteiger partial charge >= 0.3 is 0 Å². The Balaban J connectivity index is 2.31. The molecular weight excluding hydrogens is 288 g/mol. The predicted molar refractivity (Wildman–Crippen MR) is 84.8 cm³/mol. The summed E-state index contributed by atoms with van der Waals surface area (Å²) in [5.74, 6) is -0.901. The predicted octanol–water partition coefficient (Wildman–Crippen LogP) is 2.29. The molecule has 0 radical (unpaired) electrons. The van der Waals surface area contributed by atoms with Crippen LogP contribution in [0.25, 0.3) is 0 Å². The summed E-state index contributed by atoms with van der Waals surface area (Å²) in [6.45, 7) is 1.83. The molecule has 0 aliphatic rings. The Morgan fingerprint density at radius 1 is 1.19 bits per heavy atom. The van der Waals surface area contributed by atoms with E-state index in [0.29, 0.717) is 11.3 Å². The second-order valence-electron chi connectivity index (χ2n) is 4.55. The van der Waals surface area contributed by atoms with Crippen molar-refractivity contribution in [3.05, 3.63) is 53.1 Å². The molecule has 0 saturated heterocycles.